The van der Waals surface area contributed by atoms with Crippen molar-refractivity contribution in [1.29, 1.82) is 0 Å². The lowest BCUT2D eigenvalue weighted by molar-refractivity contribution is -0.144. The Morgan fingerprint density at radius 1 is 0.932 bits per heavy atom. The zero-order valence-corrected chi connectivity index (χ0v) is 35.5. The van der Waals surface area contributed by atoms with Crippen molar-refractivity contribution in [2.75, 3.05) is 49.6 Å². The summed E-state index contributed by atoms with van der Waals surface area (Å²) in [5.41, 5.74) is 5.83. The van der Waals surface area contributed by atoms with E-state index in [0.717, 1.165) is 77.0 Å². The van der Waals surface area contributed by atoms with Gasteiger partial charge in [0, 0.05) is 24.2 Å². The van der Waals surface area contributed by atoms with Crippen molar-refractivity contribution in [2.45, 2.75) is 78.9 Å². The van der Waals surface area contributed by atoms with E-state index in [9.17, 15) is 14.4 Å². The molecule has 11 nitrogen and oxygen atoms in total. The molecule has 0 radical (unpaired) electrons. The normalized spacial score (nSPS) is 17.4. The Bertz CT molecular complexity index is 2350. The summed E-state index contributed by atoms with van der Waals surface area (Å²) in [7, 11) is 0. The molecule has 3 aromatic carbocycles. The number of carbonyl (C=O) groups excluding carboxylic acids is 3. The number of pyridine rings is 1. The first-order valence-electron chi connectivity index (χ1n) is 20.8. The van der Waals surface area contributed by atoms with E-state index in [1.807, 2.05) is 101 Å². The molecule has 5 aromatic rings. The average Bonchev–Trinajstić information content (AvgIpc) is 3.71. The monoisotopic (exact) mass is 815 g/mol. The van der Waals surface area contributed by atoms with Gasteiger partial charge in [-0.2, -0.15) is 0 Å². The summed E-state index contributed by atoms with van der Waals surface area (Å²) in [4.78, 5) is 53.6. The number of nitrogens with one attached hydrogen (secondary N) is 1. The molecule has 2 aliphatic heterocycles. The van der Waals surface area contributed by atoms with Crippen molar-refractivity contribution in [2.24, 2.45) is 11.3 Å². The van der Waals surface area contributed by atoms with E-state index in [1.165, 1.54) is 17.8 Å². The summed E-state index contributed by atoms with van der Waals surface area (Å²) in [6, 6.07) is 23.5. The van der Waals surface area contributed by atoms with Crippen LogP contribution in [0.15, 0.2) is 72.8 Å². The molecule has 2 fully saturated rings. The van der Waals surface area contributed by atoms with Gasteiger partial charge in [-0.15, -0.1) is 0 Å². The van der Waals surface area contributed by atoms with Gasteiger partial charge in [0.05, 0.1) is 30.0 Å². The zero-order chi connectivity index (χ0) is 41.3. The van der Waals surface area contributed by atoms with Gasteiger partial charge >= 0.3 is 11.9 Å². The maximum absolute atomic E-state index is 14.0. The molecule has 8 rings (SSSR count). The second kappa shape index (κ2) is 16.7. The van der Waals surface area contributed by atoms with Gasteiger partial charge in [-0.25, -0.2) is 14.8 Å². The fourth-order valence-corrected chi connectivity index (χ4v) is 9.64. The number of aromatic nitrogens is 2. The molecule has 1 N–H and O–H groups in total. The number of carbonyl (C=O) groups is 3. The number of para-hydroxylation sites is 1. The number of amides is 1. The number of fused-ring (bicyclic) bond motifs is 2. The van der Waals surface area contributed by atoms with Crippen LogP contribution in [-0.4, -0.2) is 77.7 Å². The summed E-state index contributed by atoms with van der Waals surface area (Å²) < 4.78 is 18.5. The van der Waals surface area contributed by atoms with Gasteiger partial charge in [-0.05, 0) is 150 Å². The number of hydrogen-bond donors (Lipinski definition) is 1. The van der Waals surface area contributed by atoms with Crippen LogP contribution in [0.3, 0.4) is 0 Å². The quantitative estimate of drug-likeness (QED) is 0.122. The SMILES string of the molecule is CCOC(=O)CN1CCC2(CC1)C[C@H]2CCOc1cccc(-c2ccc(N3CCc4cccc(C(=O)Nc5nc6ccccc6s5)c4C3)nc2C(=O)OC(C)(C)C)c1C. The Hall–Kier alpha value is -5.33. The number of rotatable bonds is 12. The van der Waals surface area contributed by atoms with E-state index in [0.29, 0.717) is 66.3 Å². The highest BCUT2D eigenvalue weighted by Crippen LogP contribution is 2.60. The van der Waals surface area contributed by atoms with Crippen LogP contribution in [0.5, 0.6) is 5.75 Å². The van der Waals surface area contributed by atoms with Crippen molar-refractivity contribution in [1.82, 2.24) is 14.9 Å². The second-order valence-corrected chi connectivity index (χ2v) is 18.1. The molecule has 2 aromatic heterocycles. The molecule has 0 bridgehead atoms. The summed E-state index contributed by atoms with van der Waals surface area (Å²) in [5.74, 6) is 1.20. The lowest BCUT2D eigenvalue weighted by Gasteiger charge is -2.32. The lowest BCUT2D eigenvalue weighted by atomic mass is 9.90. The van der Waals surface area contributed by atoms with Crippen LogP contribution in [0.4, 0.5) is 10.9 Å². The summed E-state index contributed by atoms with van der Waals surface area (Å²) in [5, 5.41) is 3.58. The molecule has 12 heteroatoms. The molecule has 1 saturated heterocycles. The Balaban J connectivity index is 0.975. The molecule has 1 aliphatic carbocycles. The summed E-state index contributed by atoms with van der Waals surface area (Å²) >= 11 is 1.45. The van der Waals surface area contributed by atoms with Crippen molar-refractivity contribution in [3.63, 3.8) is 0 Å². The second-order valence-electron chi connectivity index (χ2n) is 17.0. The van der Waals surface area contributed by atoms with Gasteiger partial charge in [-0.1, -0.05) is 47.7 Å². The van der Waals surface area contributed by atoms with Gasteiger partial charge < -0.3 is 19.1 Å². The highest BCUT2D eigenvalue weighted by Gasteiger charge is 2.54. The van der Waals surface area contributed by atoms with Crippen LogP contribution in [0.1, 0.15) is 90.9 Å². The molecule has 1 saturated carbocycles. The van der Waals surface area contributed by atoms with Crippen LogP contribution in [0.2, 0.25) is 0 Å². The predicted molar refractivity (Wildman–Crippen MR) is 231 cm³/mol. The minimum atomic E-state index is -0.723. The number of benzene rings is 3. The molecule has 308 valence electrons. The van der Waals surface area contributed by atoms with Crippen molar-refractivity contribution >= 4 is 50.3 Å². The van der Waals surface area contributed by atoms with E-state index in [2.05, 4.69) is 26.2 Å². The fourth-order valence-electron chi connectivity index (χ4n) is 8.78. The highest BCUT2D eigenvalue weighted by molar-refractivity contribution is 7.22. The van der Waals surface area contributed by atoms with Gasteiger partial charge in [0.1, 0.15) is 17.2 Å². The Labute approximate surface area is 350 Å². The third-order valence-electron chi connectivity index (χ3n) is 12.0. The maximum atomic E-state index is 14.0. The lowest BCUT2D eigenvalue weighted by Crippen LogP contribution is -2.39. The standard InChI is InChI=1S/C47H53N5O6S/c1-6-56-41(53)29-51-24-21-47(22-25-51)27-32(47)20-26-57-38-15-10-12-33(30(38)2)34-17-18-40(49-42(34)44(55)58-46(3,4)5)52-23-19-31-11-9-13-35(36(31)28-52)43(54)50-45-48-37-14-7-8-16-39(37)59-45/h7-18,32H,6,19-29H2,1-5H3,(H,48,50,54)/t32-/m1/s1. The van der Waals surface area contributed by atoms with Crippen LogP contribution in [0.25, 0.3) is 21.3 Å². The van der Waals surface area contributed by atoms with Crippen LogP contribution in [-0.2, 0) is 27.2 Å². The number of thiazole rings is 1. The molecular formula is C47H53N5O6S. The van der Waals surface area contributed by atoms with E-state index in [-0.39, 0.29) is 17.6 Å². The van der Waals surface area contributed by atoms with Crippen LogP contribution in [0, 0.1) is 18.3 Å². The number of nitrogens with zero attached hydrogens (tertiary/aromatic N) is 4. The topological polar surface area (TPSA) is 123 Å². The van der Waals surface area contributed by atoms with E-state index in [4.69, 9.17) is 19.2 Å². The largest absolute Gasteiger partial charge is 0.493 e. The fraction of sp³-hybridized carbons (Fsp3) is 0.426. The Morgan fingerprint density at radius 3 is 2.51 bits per heavy atom. The van der Waals surface area contributed by atoms with Gasteiger partial charge in [-0.3, -0.25) is 19.8 Å². The van der Waals surface area contributed by atoms with E-state index >= 15 is 0 Å². The number of likely N-dealkylation sites (tertiary alicyclic amines) is 1. The van der Waals surface area contributed by atoms with Gasteiger partial charge in [0.25, 0.3) is 5.91 Å². The molecule has 1 atom stereocenters. The van der Waals surface area contributed by atoms with E-state index < -0.39 is 11.6 Å². The molecule has 0 unspecified atom stereocenters. The molecule has 59 heavy (non-hydrogen) atoms. The molecule has 3 aliphatic rings. The summed E-state index contributed by atoms with van der Waals surface area (Å²) in [6.07, 6.45) is 5.12. The minimum Gasteiger partial charge on any atom is -0.493 e. The first kappa shape index (κ1) is 40.4. The number of hydrogen-bond acceptors (Lipinski definition) is 11. The molecule has 1 amide bonds. The van der Waals surface area contributed by atoms with Crippen LogP contribution >= 0.6 is 11.3 Å². The minimum absolute atomic E-state index is 0.140. The average molecular weight is 816 g/mol. The predicted octanol–water partition coefficient (Wildman–Crippen LogP) is 8.87. The van der Waals surface area contributed by atoms with Crippen molar-refractivity contribution < 1.29 is 28.6 Å². The summed E-state index contributed by atoms with van der Waals surface area (Å²) in [6.45, 7) is 13.8. The number of anilines is 2. The number of piperidine rings is 1. The zero-order valence-electron chi connectivity index (χ0n) is 34.6. The smallest absolute Gasteiger partial charge is 0.358 e. The van der Waals surface area contributed by atoms with Crippen molar-refractivity contribution in [3.8, 4) is 16.9 Å². The first-order valence-corrected chi connectivity index (χ1v) is 21.6. The molecule has 4 heterocycles. The number of esters is 2. The van der Waals surface area contributed by atoms with Crippen molar-refractivity contribution in [3.05, 3.63) is 101 Å². The van der Waals surface area contributed by atoms with Crippen LogP contribution < -0.4 is 15.0 Å². The maximum Gasteiger partial charge on any atom is 0.358 e. The van der Waals surface area contributed by atoms with Gasteiger partial charge in [0.2, 0.25) is 0 Å². The van der Waals surface area contributed by atoms with E-state index in [1.54, 1.807) is 0 Å². The Kier molecular flexibility index (Phi) is 11.5. The third-order valence-corrected chi connectivity index (χ3v) is 12.9. The molecule has 1 spiro atoms. The highest BCUT2D eigenvalue weighted by atomic mass is 32.1. The van der Waals surface area contributed by atoms with Gasteiger partial charge in [0.15, 0.2) is 10.8 Å². The third kappa shape index (κ3) is 8.99. The molecular weight excluding hydrogens is 763 g/mol. The number of ether oxygens (including phenoxy) is 3. The Morgan fingerprint density at radius 2 is 1.73 bits per heavy atom. The first-order chi connectivity index (χ1) is 28.4.